The molecular weight excluding hydrogens is 484 g/mol. The number of pyridine rings is 2. The highest BCUT2D eigenvalue weighted by Crippen LogP contribution is 2.35. The van der Waals surface area contributed by atoms with E-state index < -0.39 is 11.9 Å². The topological polar surface area (TPSA) is 58.1 Å². The van der Waals surface area contributed by atoms with Gasteiger partial charge in [0.25, 0.3) is 5.91 Å². The molecule has 0 spiro atoms. The fourth-order valence-corrected chi connectivity index (χ4v) is 4.60. The molecule has 37 heavy (non-hydrogen) atoms. The van der Waals surface area contributed by atoms with Crippen LogP contribution in [0.4, 0.5) is 23.4 Å². The molecular formula is C28H24F4N4O. The molecule has 3 heterocycles. The van der Waals surface area contributed by atoms with Crippen molar-refractivity contribution < 1.29 is 22.4 Å². The Hall–Kier alpha value is -4.01. The predicted octanol–water partition coefficient (Wildman–Crippen LogP) is 6.42. The summed E-state index contributed by atoms with van der Waals surface area (Å²) in [6.07, 6.45) is -1.48. The maximum atomic E-state index is 13.4. The number of aromatic nitrogens is 2. The Kier molecular flexibility index (Phi) is 6.78. The molecule has 5 nitrogen and oxygen atoms in total. The van der Waals surface area contributed by atoms with E-state index in [0.29, 0.717) is 42.0 Å². The summed E-state index contributed by atoms with van der Waals surface area (Å²) in [7, 11) is 0. The number of nitrogens with one attached hydrogen (secondary N) is 1. The maximum Gasteiger partial charge on any atom is 0.433 e. The summed E-state index contributed by atoms with van der Waals surface area (Å²) in [5, 5.41) is 3.81. The molecule has 1 aliphatic heterocycles. The highest BCUT2D eigenvalue weighted by Gasteiger charge is 2.33. The van der Waals surface area contributed by atoms with Crippen molar-refractivity contribution in [1.29, 1.82) is 0 Å². The van der Waals surface area contributed by atoms with Gasteiger partial charge in [0.2, 0.25) is 0 Å². The SMILES string of the molecule is O=C(c1ccc(F)cc1)N1CCC(CNc2ncc(-c3ccccc3)c3nc(C(F)(F)F)ccc23)CC1. The van der Waals surface area contributed by atoms with Crippen molar-refractivity contribution in [3.05, 3.63) is 90.0 Å². The highest BCUT2D eigenvalue weighted by atomic mass is 19.4. The quantitative estimate of drug-likeness (QED) is 0.316. The summed E-state index contributed by atoms with van der Waals surface area (Å²) < 4.78 is 53.4. The van der Waals surface area contributed by atoms with Crippen LogP contribution in [0.3, 0.4) is 0 Å². The number of halogens is 4. The number of piperidine rings is 1. The van der Waals surface area contributed by atoms with Gasteiger partial charge in [0.1, 0.15) is 17.3 Å². The number of rotatable bonds is 5. The van der Waals surface area contributed by atoms with Crippen molar-refractivity contribution in [3.8, 4) is 11.1 Å². The third kappa shape index (κ3) is 5.40. The van der Waals surface area contributed by atoms with Crippen LogP contribution >= 0.6 is 0 Å². The largest absolute Gasteiger partial charge is 0.433 e. The van der Waals surface area contributed by atoms with E-state index in [0.717, 1.165) is 24.5 Å². The van der Waals surface area contributed by atoms with Gasteiger partial charge in [-0.1, -0.05) is 30.3 Å². The van der Waals surface area contributed by atoms with Crippen LogP contribution in [-0.2, 0) is 6.18 Å². The normalized spacial score (nSPS) is 14.6. The Balaban J connectivity index is 1.31. The second kappa shape index (κ2) is 10.2. The first kappa shape index (κ1) is 24.7. The number of anilines is 1. The van der Waals surface area contributed by atoms with Crippen molar-refractivity contribution in [2.45, 2.75) is 19.0 Å². The number of hydrogen-bond acceptors (Lipinski definition) is 4. The Morgan fingerprint density at radius 1 is 0.973 bits per heavy atom. The standard InChI is InChI=1S/C28H24F4N4O/c29-21-8-6-20(7-9-21)27(37)36-14-12-18(13-15-36)16-33-26-22-10-11-24(28(30,31)32)35-25(22)23(17-34-26)19-4-2-1-3-5-19/h1-11,17-18H,12-16H2,(H,33,34). The van der Waals surface area contributed by atoms with E-state index in [-0.39, 0.29) is 23.2 Å². The molecule has 5 rings (SSSR count). The van der Waals surface area contributed by atoms with Gasteiger partial charge >= 0.3 is 6.18 Å². The molecule has 190 valence electrons. The van der Waals surface area contributed by atoms with Gasteiger partial charge in [-0.2, -0.15) is 13.2 Å². The van der Waals surface area contributed by atoms with Crippen LogP contribution in [0.5, 0.6) is 0 Å². The summed E-state index contributed by atoms with van der Waals surface area (Å²) in [5.41, 5.74) is 1.00. The minimum atomic E-state index is -4.56. The molecule has 1 amide bonds. The molecule has 0 aliphatic carbocycles. The Bertz CT molecular complexity index is 1400. The summed E-state index contributed by atoms with van der Waals surface area (Å²) in [5.74, 6) is 0.220. The molecule has 2 aromatic heterocycles. The molecule has 0 radical (unpaired) electrons. The van der Waals surface area contributed by atoms with Crippen LogP contribution in [0.1, 0.15) is 28.9 Å². The average Bonchev–Trinajstić information content (AvgIpc) is 2.91. The lowest BCUT2D eigenvalue weighted by molar-refractivity contribution is -0.140. The second-order valence-corrected chi connectivity index (χ2v) is 9.10. The molecule has 0 bridgehead atoms. The van der Waals surface area contributed by atoms with Crippen molar-refractivity contribution in [2.75, 3.05) is 25.0 Å². The number of amides is 1. The van der Waals surface area contributed by atoms with Crippen molar-refractivity contribution in [1.82, 2.24) is 14.9 Å². The summed E-state index contributed by atoms with van der Waals surface area (Å²) >= 11 is 0. The van der Waals surface area contributed by atoms with Crippen molar-refractivity contribution in [2.24, 2.45) is 5.92 Å². The van der Waals surface area contributed by atoms with E-state index in [1.54, 1.807) is 11.1 Å². The zero-order valence-corrected chi connectivity index (χ0v) is 19.8. The lowest BCUT2D eigenvalue weighted by Gasteiger charge is -2.32. The van der Waals surface area contributed by atoms with Crippen molar-refractivity contribution >= 4 is 22.6 Å². The summed E-state index contributed by atoms with van der Waals surface area (Å²) in [6, 6.07) is 17.0. The highest BCUT2D eigenvalue weighted by molar-refractivity contribution is 5.99. The molecule has 1 aliphatic rings. The van der Waals surface area contributed by atoms with E-state index in [1.165, 1.54) is 30.3 Å². The first-order valence-corrected chi connectivity index (χ1v) is 12.0. The molecule has 0 atom stereocenters. The number of hydrogen-bond donors (Lipinski definition) is 1. The lowest BCUT2D eigenvalue weighted by Crippen LogP contribution is -2.39. The van der Waals surface area contributed by atoms with E-state index >= 15 is 0 Å². The van der Waals surface area contributed by atoms with E-state index in [9.17, 15) is 22.4 Å². The molecule has 4 aromatic rings. The fourth-order valence-electron chi connectivity index (χ4n) is 4.60. The third-order valence-electron chi connectivity index (χ3n) is 6.65. The molecule has 0 unspecified atom stereocenters. The minimum absolute atomic E-state index is 0.123. The molecule has 1 saturated heterocycles. The van der Waals surface area contributed by atoms with Gasteiger partial charge in [-0.25, -0.2) is 14.4 Å². The van der Waals surface area contributed by atoms with Gasteiger partial charge in [0.05, 0.1) is 5.52 Å². The molecule has 1 fully saturated rings. The summed E-state index contributed by atoms with van der Waals surface area (Å²) in [6.45, 7) is 1.70. The first-order valence-electron chi connectivity index (χ1n) is 12.0. The first-order chi connectivity index (χ1) is 17.8. The number of alkyl halides is 3. The number of benzene rings is 2. The average molecular weight is 509 g/mol. The predicted molar refractivity (Wildman–Crippen MR) is 133 cm³/mol. The number of likely N-dealkylation sites (tertiary alicyclic amines) is 1. The number of fused-ring (bicyclic) bond motifs is 1. The Morgan fingerprint density at radius 2 is 1.68 bits per heavy atom. The van der Waals surface area contributed by atoms with Crippen LogP contribution in [0.2, 0.25) is 0 Å². The maximum absolute atomic E-state index is 13.4. The van der Waals surface area contributed by atoms with Gasteiger partial charge < -0.3 is 10.2 Å². The zero-order chi connectivity index (χ0) is 26.0. The molecule has 2 aromatic carbocycles. The number of nitrogens with zero attached hydrogens (tertiary/aromatic N) is 3. The monoisotopic (exact) mass is 508 g/mol. The Morgan fingerprint density at radius 3 is 2.35 bits per heavy atom. The lowest BCUT2D eigenvalue weighted by atomic mass is 9.96. The number of carbonyl (C=O) groups is 1. The van der Waals surface area contributed by atoms with Crippen LogP contribution in [0.25, 0.3) is 22.0 Å². The second-order valence-electron chi connectivity index (χ2n) is 9.10. The molecule has 0 saturated carbocycles. The van der Waals surface area contributed by atoms with Gasteiger partial charge in [-0.15, -0.1) is 0 Å². The smallest absolute Gasteiger partial charge is 0.369 e. The molecule has 1 N–H and O–H groups in total. The van der Waals surface area contributed by atoms with Crippen LogP contribution < -0.4 is 5.32 Å². The van der Waals surface area contributed by atoms with E-state index in [2.05, 4.69) is 15.3 Å². The van der Waals surface area contributed by atoms with Gasteiger partial charge in [0.15, 0.2) is 0 Å². The third-order valence-corrected chi connectivity index (χ3v) is 6.65. The Labute approximate surface area is 211 Å². The number of carbonyl (C=O) groups excluding carboxylic acids is 1. The zero-order valence-electron chi connectivity index (χ0n) is 19.8. The van der Waals surface area contributed by atoms with Gasteiger partial charge in [-0.05, 0) is 60.7 Å². The minimum Gasteiger partial charge on any atom is -0.369 e. The van der Waals surface area contributed by atoms with Gasteiger partial charge in [0, 0.05) is 42.3 Å². The molecule has 9 heteroatoms. The van der Waals surface area contributed by atoms with E-state index in [1.807, 2.05) is 30.3 Å². The van der Waals surface area contributed by atoms with Crippen LogP contribution in [0, 0.1) is 11.7 Å². The van der Waals surface area contributed by atoms with E-state index in [4.69, 9.17) is 0 Å². The fraction of sp³-hybridized carbons (Fsp3) is 0.250. The van der Waals surface area contributed by atoms with Crippen LogP contribution in [-0.4, -0.2) is 40.4 Å². The van der Waals surface area contributed by atoms with Crippen LogP contribution in [0.15, 0.2) is 72.9 Å². The van der Waals surface area contributed by atoms with Gasteiger partial charge in [-0.3, -0.25) is 4.79 Å². The summed E-state index contributed by atoms with van der Waals surface area (Å²) in [4.78, 5) is 22.9. The van der Waals surface area contributed by atoms with Crippen molar-refractivity contribution in [3.63, 3.8) is 0 Å².